The van der Waals surface area contributed by atoms with E-state index >= 15 is 0 Å². The number of hydrogen-bond donors (Lipinski definition) is 1. The zero-order chi connectivity index (χ0) is 12.3. The molecule has 1 saturated heterocycles. The average molecular weight is 254 g/mol. The minimum absolute atomic E-state index is 0.0283. The normalized spacial score (nSPS) is 21.3. The largest absolute Gasteiger partial charge is 0.353 e. The molecule has 1 aliphatic heterocycles. The van der Waals surface area contributed by atoms with Crippen molar-refractivity contribution >= 4 is 17.5 Å². The van der Waals surface area contributed by atoms with E-state index in [0.717, 1.165) is 31.6 Å². The third-order valence-electron chi connectivity index (χ3n) is 3.00. The number of amides is 1. The summed E-state index contributed by atoms with van der Waals surface area (Å²) in [6.07, 6.45) is 2.59. The lowest BCUT2D eigenvalue weighted by Gasteiger charge is -2.34. The number of carbonyl (C=O) groups is 1. The van der Waals surface area contributed by atoms with Gasteiger partial charge in [0.05, 0.1) is 6.04 Å². The smallest absolute Gasteiger partial charge is 0.237 e. The summed E-state index contributed by atoms with van der Waals surface area (Å²) in [7, 11) is 0. The molecule has 5 heteroatoms. The van der Waals surface area contributed by atoms with Gasteiger partial charge in [0.1, 0.15) is 5.15 Å². The van der Waals surface area contributed by atoms with E-state index in [0.29, 0.717) is 5.15 Å². The maximum atomic E-state index is 11.7. The van der Waals surface area contributed by atoms with Crippen LogP contribution in [0.3, 0.4) is 0 Å². The van der Waals surface area contributed by atoms with Crippen molar-refractivity contribution in [2.24, 2.45) is 0 Å². The monoisotopic (exact) mass is 253 g/mol. The highest BCUT2D eigenvalue weighted by Gasteiger charge is 2.27. The molecule has 1 aliphatic rings. The van der Waals surface area contributed by atoms with Gasteiger partial charge in [-0.1, -0.05) is 24.6 Å². The van der Waals surface area contributed by atoms with Crippen molar-refractivity contribution in [2.75, 3.05) is 13.1 Å². The average Bonchev–Trinajstić information content (AvgIpc) is 2.32. The zero-order valence-corrected chi connectivity index (χ0v) is 10.6. The highest BCUT2D eigenvalue weighted by atomic mass is 35.5. The Balaban J connectivity index is 2.06. The Morgan fingerprint density at radius 1 is 1.59 bits per heavy atom. The van der Waals surface area contributed by atoms with Gasteiger partial charge < -0.3 is 5.32 Å². The molecule has 0 saturated carbocycles. The Bertz CT molecular complexity index is 393. The van der Waals surface area contributed by atoms with Gasteiger partial charge in [-0.15, -0.1) is 0 Å². The molecular formula is C12H16ClN3O. The van der Waals surface area contributed by atoms with E-state index in [4.69, 9.17) is 11.6 Å². The Hall–Kier alpha value is -1.13. The molecular weight excluding hydrogens is 238 g/mol. The van der Waals surface area contributed by atoms with E-state index in [2.05, 4.69) is 15.2 Å². The van der Waals surface area contributed by atoms with Crippen LogP contribution in [0.5, 0.6) is 0 Å². The van der Waals surface area contributed by atoms with E-state index in [9.17, 15) is 4.79 Å². The number of nitrogens with one attached hydrogen (secondary N) is 1. The van der Waals surface area contributed by atoms with E-state index in [1.54, 1.807) is 12.3 Å². The van der Waals surface area contributed by atoms with Crippen molar-refractivity contribution in [2.45, 2.75) is 25.9 Å². The SMILES string of the molecule is CCC1C(=O)NCCN1Cc1ccc(Cl)nc1. The second-order valence-corrected chi connectivity index (χ2v) is 4.56. The topological polar surface area (TPSA) is 45.2 Å². The number of nitrogens with zero attached hydrogens (tertiary/aromatic N) is 2. The van der Waals surface area contributed by atoms with Gasteiger partial charge in [-0.3, -0.25) is 9.69 Å². The Labute approximate surface area is 106 Å². The van der Waals surface area contributed by atoms with Crippen LogP contribution >= 0.6 is 11.6 Å². The fourth-order valence-corrected chi connectivity index (χ4v) is 2.24. The second-order valence-electron chi connectivity index (χ2n) is 4.17. The summed E-state index contributed by atoms with van der Waals surface area (Å²) in [5, 5.41) is 3.39. The third-order valence-corrected chi connectivity index (χ3v) is 3.23. The summed E-state index contributed by atoms with van der Waals surface area (Å²) in [6, 6.07) is 3.70. The van der Waals surface area contributed by atoms with Gasteiger partial charge >= 0.3 is 0 Å². The van der Waals surface area contributed by atoms with Gasteiger partial charge in [0.15, 0.2) is 0 Å². The summed E-state index contributed by atoms with van der Waals surface area (Å²) in [6.45, 7) is 4.38. The molecule has 2 heterocycles. The molecule has 0 radical (unpaired) electrons. The lowest BCUT2D eigenvalue weighted by molar-refractivity contribution is -0.129. The molecule has 0 aliphatic carbocycles. The standard InChI is InChI=1S/C12H16ClN3O/c1-2-10-12(17)14-5-6-16(10)8-9-3-4-11(13)15-7-9/h3-4,7,10H,2,5-6,8H2,1H3,(H,14,17). The highest BCUT2D eigenvalue weighted by Crippen LogP contribution is 2.14. The van der Waals surface area contributed by atoms with Crippen LogP contribution in [-0.4, -0.2) is 34.9 Å². The fourth-order valence-electron chi connectivity index (χ4n) is 2.13. The van der Waals surface area contributed by atoms with Crippen molar-refractivity contribution in [1.82, 2.24) is 15.2 Å². The number of carbonyl (C=O) groups excluding carboxylic acids is 1. The zero-order valence-electron chi connectivity index (χ0n) is 9.82. The Morgan fingerprint density at radius 3 is 3.06 bits per heavy atom. The van der Waals surface area contributed by atoms with Gasteiger partial charge in [0.2, 0.25) is 5.91 Å². The van der Waals surface area contributed by atoms with E-state index in [1.165, 1.54) is 0 Å². The molecule has 1 atom stereocenters. The molecule has 0 spiro atoms. The van der Waals surface area contributed by atoms with Crippen molar-refractivity contribution in [1.29, 1.82) is 0 Å². The first-order valence-electron chi connectivity index (χ1n) is 5.83. The maximum Gasteiger partial charge on any atom is 0.237 e. The van der Waals surface area contributed by atoms with Crippen LogP contribution in [0.4, 0.5) is 0 Å². The maximum absolute atomic E-state index is 11.7. The lowest BCUT2D eigenvalue weighted by atomic mass is 10.1. The van der Waals surface area contributed by atoms with E-state index in [-0.39, 0.29) is 11.9 Å². The van der Waals surface area contributed by atoms with Crippen LogP contribution in [0.1, 0.15) is 18.9 Å². The first-order chi connectivity index (χ1) is 8.20. The first kappa shape index (κ1) is 12.3. The fraction of sp³-hybridized carbons (Fsp3) is 0.500. The van der Waals surface area contributed by atoms with Crippen LogP contribution in [-0.2, 0) is 11.3 Å². The molecule has 1 amide bonds. The minimum Gasteiger partial charge on any atom is -0.353 e. The molecule has 1 N–H and O–H groups in total. The molecule has 92 valence electrons. The summed E-state index contributed by atoms with van der Waals surface area (Å²) in [5.41, 5.74) is 1.09. The third kappa shape index (κ3) is 2.96. The summed E-state index contributed by atoms with van der Waals surface area (Å²) < 4.78 is 0. The van der Waals surface area contributed by atoms with Gasteiger partial charge in [-0.2, -0.15) is 0 Å². The minimum atomic E-state index is -0.0283. The predicted octanol–water partition coefficient (Wildman–Crippen LogP) is 1.45. The summed E-state index contributed by atoms with van der Waals surface area (Å²) in [5.74, 6) is 0.126. The molecule has 1 aromatic heterocycles. The highest BCUT2D eigenvalue weighted by molar-refractivity contribution is 6.29. The number of rotatable bonds is 3. The number of hydrogen-bond acceptors (Lipinski definition) is 3. The quantitative estimate of drug-likeness (QED) is 0.830. The molecule has 0 bridgehead atoms. The Morgan fingerprint density at radius 2 is 2.41 bits per heavy atom. The lowest BCUT2D eigenvalue weighted by Crippen LogP contribution is -2.54. The first-order valence-corrected chi connectivity index (χ1v) is 6.20. The number of pyridine rings is 1. The number of aromatic nitrogens is 1. The Kier molecular flexibility index (Phi) is 3.97. The van der Waals surface area contributed by atoms with E-state index in [1.807, 2.05) is 13.0 Å². The van der Waals surface area contributed by atoms with E-state index < -0.39 is 0 Å². The summed E-state index contributed by atoms with van der Waals surface area (Å²) >= 11 is 5.74. The van der Waals surface area contributed by atoms with Crippen LogP contribution in [0.15, 0.2) is 18.3 Å². The molecule has 2 rings (SSSR count). The van der Waals surface area contributed by atoms with Crippen molar-refractivity contribution in [3.05, 3.63) is 29.0 Å². The molecule has 4 nitrogen and oxygen atoms in total. The predicted molar refractivity (Wildman–Crippen MR) is 66.7 cm³/mol. The molecule has 1 fully saturated rings. The molecule has 0 aromatic carbocycles. The van der Waals surface area contributed by atoms with Crippen LogP contribution in [0, 0.1) is 0 Å². The molecule has 1 unspecified atom stereocenters. The van der Waals surface area contributed by atoms with Crippen LogP contribution in [0.2, 0.25) is 5.15 Å². The summed E-state index contributed by atoms with van der Waals surface area (Å²) in [4.78, 5) is 17.9. The van der Waals surface area contributed by atoms with Crippen LogP contribution < -0.4 is 5.32 Å². The van der Waals surface area contributed by atoms with Crippen molar-refractivity contribution in [3.8, 4) is 0 Å². The molecule has 17 heavy (non-hydrogen) atoms. The number of halogens is 1. The van der Waals surface area contributed by atoms with Gasteiger partial charge in [0, 0.05) is 25.8 Å². The van der Waals surface area contributed by atoms with Crippen molar-refractivity contribution < 1.29 is 4.79 Å². The van der Waals surface area contributed by atoms with Crippen LogP contribution in [0.25, 0.3) is 0 Å². The van der Waals surface area contributed by atoms with Gasteiger partial charge in [-0.25, -0.2) is 4.98 Å². The molecule has 1 aromatic rings. The van der Waals surface area contributed by atoms with Crippen molar-refractivity contribution in [3.63, 3.8) is 0 Å². The second kappa shape index (κ2) is 5.47. The number of piperazine rings is 1. The van der Waals surface area contributed by atoms with Gasteiger partial charge in [0.25, 0.3) is 0 Å². The van der Waals surface area contributed by atoms with Gasteiger partial charge in [-0.05, 0) is 18.1 Å².